The molecule has 1 heterocycles. The van der Waals surface area contributed by atoms with Gasteiger partial charge in [-0.15, -0.1) is 0 Å². The first-order valence-corrected chi connectivity index (χ1v) is 5.69. The number of rotatable bonds is 0. The molecule has 2 heteroatoms. The van der Waals surface area contributed by atoms with Gasteiger partial charge in [0.25, 0.3) is 0 Å². The van der Waals surface area contributed by atoms with Crippen LogP contribution in [0, 0.1) is 35.5 Å². The summed E-state index contributed by atoms with van der Waals surface area (Å²) in [6.45, 7) is 0.716. The van der Waals surface area contributed by atoms with Gasteiger partial charge in [0, 0.05) is 5.92 Å². The highest BCUT2D eigenvalue weighted by atomic mass is 16.5. The van der Waals surface area contributed by atoms with Gasteiger partial charge in [-0.1, -0.05) is 12.2 Å². The lowest BCUT2D eigenvalue weighted by Crippen LogP contribution is -2.32. The van der Waals surface area contributed by atoms with Crippen LogP contribution in [-0.2, 0) is 9.53 Å². The Hall–Kier alpha value is -0.790. The van der Waals surface area contributed by atoms with E-state index in [1.165, 1.54) is 12.8 Å². The lowest BCUT2D eigenvalue weighted by atomic mass is 9.71. The summed E-state index contributed by atoms with van der Waals surface area (Å²) in [5.74, 6) is 3.93. The van der Waals surface area contributed by atoms with Crippen molar-refractivity contribution in [2.75, 3.05) is 6.61 Å². The lowest BCUT2D eigenvalue weighted by molar-refractivity contribution is -0.142. The zero-order chi connectivity index (χ0) is 9.28. The molecule has 3 aliphatic carbocycles. The van der Waals surface area contributed by atoms with E-state index >= 15 is 0 Å². The number of esters is 1. The maximum Gasteiger partial charge on any atom is 0.309 e. The van der Waals surface area contributed by atoms with Gasteiger partial charge in [-0.2, -0.15) is 0 Å². The molecule has 2 bridgehead atoms. The minimum Gasteiger partial charge on any atom is -0.465 e. The third kappa shape index (κ3) is 0.656. The highest BCUT2D eigenvalue weighted by molar-refractivity contribution is 5.76. The van der Waals surface area contributed by atoms with Crippen molar-refractivity contribution in [3.05, 3.63) is 12.2 Å². The van der Waals surface area contributed by atoms with Gasteiger partial charge in [0.1, 0.15) is 0 Å². The van der Waals surface area contributed by atoms with Crippen LogP contribution in [0.25, 0.3) is 0 Å². The van der Waals surface area contributed by atoms with E-state index in [9.17, 15) is 4.79 Å². The molecule has 4 rings (SSSR count). The van der Waals surface area contributed by atoms with Crippen molar-refractivity contribution < 1.29 is 9.53 Å². The molecular weight excluding hydrogens is 176 g/mol. The normalized spacial score (nSPS) is 57.6. The minimum atomic E-state index is 0.0984. The number of cyclic esters (lactones) is 1. The fraction of sp³-hybridized carbons (Fsp3) is 0.750. The first-order valence-electron chi connectivity index (χ1n) is 5.69. The number of hydrogen-bond donors (Lipinski definition) is 0. The number of allylic oxidation sites excluding steroid dienone is 2. The highest BCUT2D eigenvalue weighted by Gasteiger charge is 2.62. The molecule has 74 valence electrons. The van der Waals surface area contributed by atoms with Crippen molar-refractivity contribution in [3.8, 4) is 0 Å². The molecule has 6 atom stereocenters. The third-order valence-corrected chi connectivity index (χ3v) is 5.01. The van der Waals surface area contributed by atoms with E-state index in [4.69, 9.17) is 4.74 Å². The first kappa shape index (κ1) is 7.49. The lowest BCUT2D eigenvalue weighted by Gasteiger charge is -2.31. The van der Waals surface area contributed by atoms with Gasteiger partial charge < -0.3 is 4.74 Å². The van der Waals surface area contributed by atoms with Crippen LogP contribution < -0.4 is 0 Å². The van der Waals surface area contributed by atoms with E-state index in [2.05, 4.69) is 12.2 Å². The van der Waals surface area contributed by atoms with Crippen LogP contribution in [0.15, 0.2) is 12.2 Å². The van der Waals surface area contributed by atoms with Gasteiger partial charge in [0.2, 0.25) is 0 Å². The van der Waals surface area contributed by atoms with Crippen LogP contribution in [0.1, 0.15) is 12.8 Å². The number of ether oxygens (including phenoxy) is 1. The zero-order valence-electron chi connectivity index (χ0n) is 8.06. The Bertz CT molecular complexity index is 333. The van der Waals surface area contributed by atoms with E-state index in [-0.39, 0.29) is 11.9 Å². The molecule has 2 nitrogen and oxygen atoms in total. The van der Waals surface area contributed by atoms with Crippen molar-refractivity contribution in [1.29, 1.82) is 0 Å². The molecule has 4 unspecified atom stereocenters. The Kier molecular flexibility index (Phi) is 1.20. The summed E-state index contributed by atoms with van der Waals surface area (Å²) >= 11 is 0. The topological polar surface area (TPSA) is 26.3 Å². The quantitative estimate of drug-likeness (QED) is 0.428. The summed E-state index contributed by atoms with van der Waals surface area (Å²) in [5, 5.41) is 0. The number of fused-ring (bicyclic) bond motifs is 8. The second-order valence-electron chi connectivity index (χ2n) is 5.29. The molecule has 14 heavy (non-hydrogen) atoms. The van der Waals surface area contributed by atoms with Gasteiger partial charge in [-0.25, -0.2) is 0 Å². The SMILES string of the molecule is O=C1OCC2C1[C@@H]1C[C@H]2C2CC=CC21. The molecule has 1 aliphatic heterocycles. The standard InChI is InChI=1S/C12H14O2/c13-12-11-9-4-8(10(11)5-14-12)6-2-1-3-7(6)9/h1,3,6-11H,2,4-5H2/t6?,7?,8-,9+,10?,11?/m0/s1. The van der Waals surface area contributed by atoms with Gasteiger partial charge in [0.15, 0.2) is 0 Å². The van der Waals surface area contributed by atoms with Crippen molar-refractivity contribution in [2.24, 2.45) is 35.5 Å². The molecular formula is C12H14O2. The molecule has 0 aromatic carbocycles. The Labute approximate surface area is 83.3 Å². The molecule has 0 spiro atoms. The predicted octanol–water partition coefficient (Wildman–Crippen LogP) is 1.62. The summed E-state index contributed by atoms with van der Waals surface area (Å²) in [5.41, 5.74) is 0. The smallest absolute Gasteiger partial charge is 0.309 e. The Balaban J connectivity index is 1.77. The van der Waals surface area contributed by atoms with Crippen LogP contribution >= 0.6 is 0 Å². The fourth-order valence-electron chi connectivity index (χ4n) is 4.57. The molecule has 0 N–H and O–H groups in total. The molecule has 4 aliphatic rings. The molecule has 1 saturated heterocycles. The second kappa shape index (κ2) is 2.23. The van der Waals surface area contributed by atoms with Crippen LogP contribution in [0.3, 0.4) is 0 Å². The van der Waals surface area contributed by atoms with E-state index in [0.29, 0.717) is 24.4 Å². The maximum absolute atomic E-state index is 11.6. The average molecular weight is 190 g/mol. The molecule has 0 aromatic rings. The van der Waals surface area contributed by atoms with Gasteiger partial charge in [-0.3, -0.25) is 4.79 Å². The summed E-state index contributed by atoms with van der Waals surface area (Å²) < 4.78 is 5.20. The third-order valence-electron chi connectivity index (χ3n) is 5.01. The number of hydrogen-bond acceptors (Lipinski definition) is 2. The highest BCUT2D eigenvalue weighted by Crippen LogP contribution is 2.63. The van der Waals surface area contributed by atoms with E-state index in [0.717, 1.165) is 11.8 Å². The summed E-state index contributed by atoms with van der Waals surface area (Å²) in [7, 11) is 0. The van der Waals surface area contributed by atoms with Gasteiger partial charge in [0.05, 0.1) is 12.5 Å². The Morgan fingerprint density at radius 3 is 3.07 bits per heavy atom. The molecule has 2 saturated carbocycles. The van der Waals surface area contributed by atoms with Crippen molar-refractivity contribution in [2.45, 2.75) is 12.8 Å². The Morgan fingerprint density at radius 2 is 2.14 bits per heavy atom. The monoisotopic (exact) mass is 190 g/mol. The van der Waals surface area contributed by atoms with Crippen molar-refractivity contribution >= 4 is 5.97 Å². The summed E-state index contributed by atoms with van der Waals surface area (Å²) in [6, 6.07) is 0. The average Bonchev–Trinajstić information content (AvgIpc) is 2.82. The van der Waals surface area contributed by atoms with E-state index < -0.39 is 0 Å². The molecule has 3 fully saturated rings. The van der Waals surface area contributed by atoms with Gasteiger partial charge in [-0.05, 0) is 36.5 Å². The van der Waals surface area contributed by atoms with E-state index in [1.54, 1.807) is 0 Å². The van der Waals surface area contributed by atoms with Crippen LogP contribution in [-0.4, -0.2) is 12.6 Å². The first-order chi connectivity index (χ1) is 6.86. The molecule has 0 radical (unpaired) electrons. The fourth-order valence-corrected chi connectivity index (χ4v) is 4.57. The van der Waals surface area contributed by atoms with Crippen molar-refractivity contribution in [3.63, 3.8) is 0 Å². The summed E-state index contributed by atoms with van der Waals surface area (Å²) in [4.78, 5) is 11.6. The van der Waals surface area contributed by atoms with Crippen LogP contribution in [0.4, 0.5) is 0 Å². The zero-order valence-corrected chi connectivity index (χ0v) is 8.06. The number of carbonyl (C=O) groups is 1. The van der Waals surface area contributed by atoms with Crippen molar-refractivity contribution in [1.82, 2.24) is 0 Å². The largest absolute Gasteiger partial charge is 0.465 e. The molecule has 0 aromatic heterocycles. The maximum atomic E-state index is 11.6. The number of carbonyl (C=O) groups excluding carboxylic acids is 1. The van der Waals surface area contributed by atoms with E-state index in [1.807, 2.05) is 0 Å². The predicted molar refractivity (Wildman–Crippen MR) is 50.3 cm³/mol. The summed E-state index contributed by atoms with van der Waals surface area (Å²) in [6.07, 6.45) is 7.23. The minimum absolute atomic E-state index is 0.0984. The van der Waals surface area contributed by atoms with Crippen LogP contribution in [0.2, 0.25) is 0 Å². The second-order valence-corrected chi connectivity index (χ2v) is 5.29. The molecule has 0 amide bonds. The Morgan fingerprint density at radius 1 is 1.21 bits per heavy atom. The van der Waals surface area contributed by atoms with Gasteiger partial charge >= 0.3 is 5.97 Å². The van der Waals surface area contributed by atoms with Crippen LogP contribution in [0.5, 0.6) is 0 Å².